The molecule has 1 saturated carbocycles. The van der Waals surface area contributed by atoms with Crippen molar-refractivity contribution in [1.82, 2.24) is 5.32 Å². The molecule has 1 aromatic rings. The molecule has 2 rings (SSSR count). The van der Waals surface area contributed by atoms with Crippen molar-refractivity contribution in [3.05, 3.63) is 24.3 Å². The molecule has 4 heteroatoms. The van der Waals surface area contributed by atoms with Crippen LogP contribution in [0.25, 0.3) is 0 Å². The molecule has 0 bridgehead atoms. The Labute approximate surface area is 132 Å². The highest BCUT2D eigenvalue weighted by Gasteiger charge is 2.19. The van der Waals surface area contributed by atoms with E-state index >= 15 is 0 Å². The molecule has 1 fully saturated rings. The second-order valence-electron chi connectivity index (χ2n) is 5.39. The van der Waals surface area contributed by atoms with Gasteiger partial charge in [0.15, 0.2) is 11.5 Å². The Balaban J connectivity index is 1.66. The molecule has 0 amide bonds. The van der Waals surface area contributed by atoms with Crippen LogP contribution < -0.4 is 14.8 Å². The predicted octanol–water partition coefficient (Wildman–Crippen LogP) is 3.73. The zero-order valence-corrected chi connectivity index (χ0v) is 14.0. The molecule has 118 valence electrons. The van der Waals surface area contributed by atoms with Crippen LogP contribution in [0.3, 0.4) is 0 Å². The molecule has 1 aliphatic carbocycles. The van der Waals surface area contributed by atoms with Crippen LogP contribution in [0.15, 0.2) is 24.3 Å². The number of para-hydroxylation sites is 2. The normalized spacial score (nSPS) is 22.0. The fraction of sp³-hybridized carbons (Fsp3) is 0.647. The molecule has 0 saturated heterocycles. The summed E-state index contributed by atoms with van der Waals surface area (Å²) in [6, 6.07) is 8.54. The minimum Gasteiger partial charge on any atom is -0.490 e. The first kappa shape index (κ1) is 16.5. The van der Waals surface area contributed by atoms with Crippen molar-refractivity contribution in [3.63, 3.8) is 0 Å². The quantitative estimate of drug-likeness (QED) is 0.741. The van der Waals surface area contributed by atoms with E-state index in [-0.39, 0.29) is 0 Å². The summed E-state index contributed by atoms with van der Waals surface area (Å²) in [7, 11) is 0. The summed E-state index contributed by atoms with van der Waals surface area (Å²) in [4.78, 5) is 0. The lowest BCUT2D eigenvalue weighted by atomic mass is 9.95. The molecule has 1 aromatic carbocycles. The van der Waals surface area contributed by atoms with Crippen LogP contribution >= 0.6 is 11.8 Å². The Morgan fingerprint density at radius 3 is 2.38 bits per heavy atom. The lowest BCUT2D eigenvalue weighted by Gasteiger charge is -2.28. The van der Waals surface area contributed by atoms with Gasteiger partial charge in [-0.15, -0.1) is 0 Å². The van der Waals surface area contributed by atoms with Crippen LogP contribution in [0.4, 0.5) is 0 Å². The number of ether oxygens (including phenoxy) is 2. The van der Waals surface area contributed by atoms with Gasteiger partial charge in [-0.3, -0.25) is 0 Å². The molecule has 0 atom stereocenters. The number of hydrogen-bond donors (Lipinski definition) is 1. The topological polar surface area (TPSA) is 30.5 Å². The average molecular weight is 309 g/mol. The summed E-state index contributed by atoms with van der Waals surface area (Å²) in [5.74, 6) is 1.67. The zero-order valence-electron chi connectivity index (χ0n) is 13.1. The Kier molecular flexibility index (Phi) is 7.24. The number of rotatable bonds is 8. The van der Waals surface area contributed by atoms with Gasteiger partial charge in [0.25, 0.3) is 0 Å². The lowest BCUT2D eigenvalue weighted by molar-refractivity contribution is 0.265. The average Bonchev–Trinajstić information content (AvgIpc) is 2.54. The van der Waals surface area contributed by atoms with E-state index in [1.807, 2.05) is 43.0 Å². The van der Waals surface area contributed by atoms with Gasteiger partial charge in [-0.2, -0.15) is 11.8 Å². The molecule has 1 N–H and O–H groups in total. The van der Waals surface area contributed by atoms with Crippen molar-refractivity contribution in [1.29, 1.82) is 0 Å². The van der Waals surface area contributed by atoms with Gasteiger partial charge in [0.1, 0.15) is 6.61 Å². The Hall–Kier alpha value is -0.870. The fourth-order valence-electron chi connectivity index (χ4n) is 2.77. The molecule has 3 nitrogen and oxygen atoms in total. The van der Waals surface area contributed by atoms with Gasteiger partial charge in [-0.05, 0) is 51.0 Å². The van der Waals surface area contributed by atoms with Gasteiger partial charge in [0.2, 0.25) is 0 Å². The predicted molar refractivity (Wildman–Crippen MR) is 90.7 cm³/mol. The number of hydrogen-bond acceptors (Lipinski definition) is 4. The third-order valence-corrected chi connectivity index (χ3v) is 5.09. The maximum Gasteiger partial charge on any atom is 0.161 e. The van der Waals surface area contributed by atoms with Crippen LogP contribution in [-0.2, 0) is 0 Å². The molecule has 0 aliphatic heterocycles. The number of nitrogens with one attached hydrogen (secondary N) is 1. The van der Waals surface area contributed by atoms with E-state index < -0.39 is 0 Å². The van der Waals surface area contributed by atoms with Crippen molar-refractivity contribution >= 4 is 11.8 Å². The summed E-state index contributed by atoms with van der Waals surface area (Å²) in [6.45, 7) is 4.24. The highest BCUT2D eigenvalue weighted by Crippen LogP contribution is 2.27. The van der Waals surface area contributed by atoms with E-state index in [0.29, 0.717) is 19.3 Å². The van der Waals surface area contributed by atoms with E-state index in [4.69, 9.17) is 9.47 Å². The van der Waals surface area contributed by atoms with Gasteiger partial charge in [-0.1, -0.05) is 12.1 Å². The van der Waals surface area contributed by atoms with Gasteiger partial charge in [-0.25, -0.2) is 0 Å². The molecular formula is C17H27NO2S. The van der Waals surface area contributed by atoms with E-state index in [1.54, 1.807) is 0 Å². The molecule has 0 heterocycles. The van der Waals surface area contributed by atoms with Crippen LogP contribution in [0.2, 0.25) is 0 Å². The summed E-state index contributed by atoms with van der Waals surface area (Å²) in [6.07, 6.45) is 7.49. The molecular weight excluding hydrogens is 282 g/mol. The van der Waals surface area contributed by atoms with Crippen molar-refractivity contribution in [2.75, 3.05) is 26.0 Å². The molecule has 0 radical (unpaired) electrons. The maximum absolute atomic E-state index is 5.83. The van der Waals surface area contributed by atoms with Crippen molar-refractivity contribution < 1.29 is 9.47 Å². The smallest absolute Gasteiger partial charge is 0.161 e. The van der Waals surface area contributed by atoms with Crippen LogP contribution in [0.5, 0.6) is 11.5 Å². The Morgan fingerprint density at radius 1 is 1.10 bits per heavy atom. The van der Waals surface area contributed by atoms with Crippen molar-refractivity contribution in [3.8, 4) is 11.5 Å². The van der Waals surface area contributed by atoms with Gasteiger partial charge in [0.05, 0.1) is 6.61 Å². The van der Waals surface area contributed by atoms with Crippen LogP contribution in [0, 0.1) is 0 Å². The molecule has 1 aliphatic rings. The zero-order chi connectivity index (χ0) is 14.9. The first-order chi connectivity index (χ1) is 10.3. The molecule has 21 heavy (non-hydrogen) atoms. The standard InChI is InChI=1S/C17H27NO2S/c1-3-19-16-6-4-5-7-17(16)20-13-12-18-14-8-10-15(21-2)11-9-14/h4-7,14-15,18H,3,8-13H2,1-2H3. The molecule has 0 spiro atoms. The highest BCUT2D eigenvalue weighted by atomic mass is 32.2. The number of thioether (sulfide) groups is 1. The summed E-state index contributed by atoms with van der Waals surface area (Å²) < 4.78 is 11.4. The Morgan fingerprint density at radius 2 is 1.76 bits per heavy atom. The second-order valence-corrected chi connectivity index (χ2v) is 6.53. The first-order valence-electron chi connectivity index (χ1n) is 7.94. The van der Waals surface area contributed by atoms with Crippen LogP contribution in [0.1, 0.15) is 32.6 Å². The highest BCUT2D eigenvalue weighted by molar-refractivity contribution is 7.99. The largest absolute Gasteiger partial charge is 0.490 e. The minimum absolute atomic E-state index is 0.664. The third kappa shape index (κ3) is 5.44. The van der Waals surface area contributed by atoms with Crippen molar-refractivity contribution in [2.24, 2.45) is 0 Å². The molecule has 0 unspecified atom stereocenters. The van der Waals surface area contributed by atoms with Gasteiger partial charge < -0.3 is 14.8 Å². The molecule has 0 aromatic heterocycles. The fourth-order valence-corrected chi connectivity index (χ4v) is 3.51. The Bertz CT molecular complexity index is 406. The summed E-state index contributed by atoms with van der Waals surface area (Å²) in [5, 5.41) is 4.49. The van der Waals surface area contributed by atoms with Gasteiger partial charge >= 0.3 is 0 Å². The lowest BCUT2D eigenvalue weighted by Crippen LogP contribution is -2.36. The monoisotopic (exact) mass is 309 g/mol. The van der Waals surface area contributed by atoms with E-state index in [9.17, 15) is 0 Å². The number of benzene rings is 1. The maximum atomic E-state index is 5.83. The minimum atomic E-state index is 0.664. The second kappa shape index (κ2) is 9.21. The summed E-state index contributed by atoms with van der Waals surface area (Å²) in [5.41, 5.74) is 0. The van der Waals surface area contributed by atoms with Gasteiger partial charge in [0, 0.05) is 17.8 Å². The first-order valence-corrected chi connectivity index (χ1v) is 9.23. The van der Waals surface area contributed by atoms with Crippen LogP contribution in [-0.4, -0.2) is 37.3 Å². The SMILES string of the molecule is CCOc1ccccc1OCCNC1CCC(SC)CC1. The summed E-state index contributed by atoms with van der Waals surface area (Å²) >= 11 is 2.01. The van der Waals surface area contributed by atoms with E-state index in [1.165, 1.54) is 25.7 Å². The van der Waals surface area contributed by atoms with Crippen molar-refractivity contribution in [2.45, 2.75) is 43.9 Å². The van der Waals surface area contributed by atoms with E-state index in [0.717, 1.165) is 23.3 Å². The van der Waals surface area contributed by atoms with E-state index in [2.05, 4.69) is 11.6 Å². The third-order valence-electron chi connectivity index (χ3n) is 3.95.